The minimum atomic E-state index is 0.0833. The van der Waals surface area contributed by atoms with Crippen LogP contribution >= 0.6 is 0 Å². The van der Waals surface area contributed by atoms with E-state index >= 15 is 0 Å². The first-order valence-electron chi connectivity index (χ1n) is 12.8. The van der Waals surface area contributed by atoms with Crippen LogP contribution < -0.4 is 0 Å². The summed E-state index contributed by atoms with van der Waals surface area (Å²) in [6.45, 7) is 31.8. The summed E-state index contributed by atoms with van der Waals surface area (Å²) in [6, 6.07) is 0. The van der Waals surface area contributed by atoms with Gasteiger partial charge in [0, 0.05) is 0 Å². The average molecular weight is 499 g/mol. The molecule has 0 saturated carbocycles. The van der Waals surface area contributed by atoms with Crippen LogP contribution in [0.2, 0.25) is 0 Å². The van der Waals surface area contributed by atoms with Crippen molar-refractivity contribution in [2.75, 3.05) is 19.8 Å². The molecule has 0 spiro atoms. The molecule has 0 heterocycles. The number of hydrogen-bond donors (Lipinski definition) is 1. The Morgan fingerprint density at radius 2 is 1.50 bits per heavy atom. The molecule has 36 heavy (non-hydrogen) atoms. The Labute approximate surface area is 226 Å². The zero-order valence-corrected chi connectivity index (χ0v) is 25.6. The van der Waals surface area contributed by atoms with Gasteiger partial charge >= 0.3 is 0 Å². The van der Waals surface area contributed by atoms with Gasteiger partial charge in [0.25, 0.3) is 0 Å². The summed E-state index contributed by atoms with van der Waals surface area (Å²) in [6.07, 6.45) is 23.5. The molecule has 0 rings (SSSR count). The number of ether oxygens (including phenoxy) is 1. The molecule has 0 saturated heterocycles. The lowest BCUT2D eigenvalue weighted by Crippen LogP contribution is -2.01. The third-order valence-corrected chi connectivity index (χ3v) is 3.90. The first kappa shape index (κ1) is 40.8. The predicted octanol–water partition coefficient (Wildman–Crippen LogP) is 9.82. The molecule has 0 aliphatic carbocycles. The molecule has 0 amide bonds. The number of hydrogen-bond acceptors (Lipinski definition) is 2. The Morgan fingerprint density at radius 1 is 0.972 bits per heavy atom. The maximum atomic E-state index is 7.76. The van der Waals surface area contributed by atoms with E-state index in [-0.39, 0.29) is 6.61 Å². The molecule has 0 aliphatic rings. The quantitative estimate of drug-likeness (QED) is 0.133. The van der Waals surface area contributed by atoms with Gasteiger partial charge in [0.2, 0.25) is 0 Å². The Kier molecular flexibility index (Phi) is 32.8. The fourth-order valence-corrected chi connectivity index (χ4v) is 2.22. The molecule has 1 N–H and O–H groups in total. The molecule has 0 atom stereocenters. The van der Waals surface area contributed by atoms with Crippen molar-refractivity contribution < 1.29 is 9.84 Å². The third kappa shape index (κ3) is 45.2. The molecule has 2 nitrogen and oxygen atoms in total. The topological polar surface area (TPSA) is 29.5 Å². The maximum absolute atomic E-state index is 7.76. The molecule has 206 valence electrons. The summed E-state index contributed by atoms with van der Waals surface area (Å²) in [7, 11) is 0. The lowest BCUT2D eigenvalue weighted by atomic mass is 9.92. The molecule has 0 aromatic heterocycles. The van der Waals surface area contributed by atoms with E-state index < -0.39 is 0 Å². The summed E-state index contributed by atoms with van der Waals surface area (Å²) < 4.78 is 5.10. The van der Waals surface area contributed by atoms with E-state index in [0.29, 0.717) is 24.5 Å². The summed E-state index contributed by atoms with van der Waals surface area (Å²) in [5.41, 5.74) is 5.83. The number of terminal acetylenes is 1. The van der Waals surface area contributed by atoms with E-state index in [1.54, 1.807) is 13.0 Å². The van der Waals surface area contributed by atoms with Crippen LogP contribution in [0.25, 0.3) is 0 Å². The molecule has 0 bridgehead atoms. The van der Waals surface area contributed by atoms with Gasteiger partial charge in [-0.05, 0) is 76.9 Å². The smallest absolute Gasteiger partial charge is 0.0654 e. The zero-order chi connectivity index (χ0) is 29.0. The van der Waals surface area contributed by atoms with Crippen molar-refractivity contribution in [3.63, 3.8) is 0 Å². The van der Waals surface area contributed by atoms with Gasteiger partial charge in [0.1, 0.15) is 0 Å². The molecule has 0 fully saturated rings. The van der Waals surface area contributed by atoms with E-state index in [0.717, 1.165) is 12.8 Å². The van der Waals surface area contributed by atoms with E-state index in [2.05, 4.69) is 125 Å². The van der Waals surface area contributed by atoms with E-state index in [1.165, 1.54) is 28.4 Å². The summed E-state index contributed by atoms with van der Waals surface area (Å²) in [4.78, 5) is 0. The highest BCUT2D eigenvalue weighted by molar-refractivity contribution is 5.34. The second-order valence-electron chi connectivity index (χ2n) is 10.3. The zero-order valence-electron chi connectivity index (χ0n) is 25.6. The number of rotatable bonds is 11. The average Bonchev–Trinajstić information content (AvgIpc) is 2.76. The second kappa shape index (κ2) is 28.9. The van der Waals surface area contributed by atoms with Crippen LogP contribution in [-0.2, 0) is 4.74 Å². The van der Waals surface area contributed by atoms with Crippen LogP contribution in [-0.4, -0.2) is 24.9 Å². The van der Waals surface area contributed by atoms with Crippen molar-refractivity contribution in [1.29, 1.82) is 0 Å². The fourth-order valence-electron chi connectivity index (χ4n) is 2.22. The molecule has 0 unspecified atom stereocenters. The van der Waals surface area contributed by atoms with Gasteiger partial charge in [0.15, 0.2) is 0 Å². The molecule has 0 aromatic rings. The Hall–Kier alpha value is -2.34. The van der Waals surface area contributed by atoms with Gasteiger partial charge in [-0.25, -0.2) is 0 Å². The van der Waals surface area contributed by atoms with E-state index in [1.807, 2.05) is 6.08 Å². The summed E-state index contributed by atoms with van der Waals surface area (Å²) in [5, 5.41) is 7.76. The van der Waals surface area contributed by atoms with Crippen molar-refractivity contribution in [2.45, 2.75) is 89.0 Å². The maximum Gasteiger partial charge on any atom is 0.0654 e. The molecule has 0 radical (unpaired) electrons. The molecular formula is C34H58O2. The SMILES string of the molecule is C#CC.C=CCO.C=CCOCC=C(C)C.CC(C)=C/C(C)=C(\C=C\C(C)C)C/C=C/CC(C)(C)C. The number of allylic oxidation sites excluding steroid dienone is 9. The predicted molar refractivity (Wildman–Crippen MR) is 166 cm³/mol. The molecule has 0 aliphatic heterocycles. The van der Waals surface area contributed by atoms with Crippen LogP contribution in [0.5, 0.6) is 0 Å². The Morgan fingerprint density at radius 3 is 1.86 bits per heavy atom. The second-order valence-corrected chi connectivity index (χ2v) is 10.3. The van der Waals surface area contributed by atoms with Crippen LogP contribution in [0.3, 0.4) is 0 Å². The van der Waals surface area contributed by atoms with Crippen molar-refractivity contribution in [2.24, 2.45) is 11.3 Å². The lowest BCUT2D eigenvalue weighted by Gasteiger charge is -2.14. The van der Waals surface area contributed by atoms with E-state index in [9.17, 15) is 0 Å². The highest BCUT2D eigenvalue weighted by Crippen LogP contribution is 2.20. The Bertz CT molecular complexity index is 718. The number of aliphatic hydroxyl groups is 1. The highest BCUT2D eigenvalue weighted by Gasteiger charge is 2.06. The number of aliphatic hydroxyl groups excluding tert-OH is 1. The van der Waals surface area contributed by atoms with Crippen LogP contribution in [0.4, 0.5) is 0 Å². The normalized spacial score (nSPS) is 11.0. The van der Waals surface area contributed by atoms with Crippen molar-refractivity contribution >= 4 is 0 Å². The first-order valence-corrected chi connectivity index (χ1v) is 12.8. The van der Waals surface area contributed by atoms with Gasteiger partial charge in [-0.15, -0.1) is 25.5 Å². The van der Waals surface area contributed by atoms with Gasteiger partial charge in [-0.1, -0.05) is 94.4 Å². The minimum absolute atomic E-state index is 0.0833. The fraction of sp³-hybridized carbons (Fsp3) is 0.529. The van der Waals surface area contributed by atoms with Crippen molar-refractivity contribution in [3.05, 3.63) is 84.1 Å². The van der Waals surface area contributed by atoms with Gasteiger partial charge < -0.3 is 9.84 Å². The first-order chi connectivity index (χ1) is 16.7. The monoisotopic (exact) mass is 498 g/mol. The van der Waals surface area contributed by atoms with E-state index in [4.69, 9.17) is 9.84 Å². The standard InChI is InChI=1S/C20H34.C8H14O.C3H6O.C3H4/c1-16(2)12-13-19(18(5)15-17(3)4)11-9-10-14-20(6,7)8;1-4-6-9-7-5-8(2)3;1-2-3-4;1-3-2/h9-10,12-13,15-16H,11,14H2,1-8H3;4-5H,1,6-7H2,2-3H3;2,4H,1,3H2;1H,2H3/b10-9+,13-12+,19-18-;;;. The molecule has 0 aromatic carbocycles. The lowest BCUT2D eigenvalue weighted by molar-refractivity contribution is 0.193. The highest BCUT2D eigenvalue weighted by atomic mass is 16.5. The molecular weight excluding hydrogens is 440 g/mol. The Balaban J connectivity index is -0.000000262. The van der Waals surface area contributed by atoms with Crippen molar-refractivity contribution in [1.82, 2.24) is 0 Å². The van der Waals surface area contributed by atoms with Gasteiger partial charge in [0.05, 0.1) is 19.8 Å². The van der Waals surface area contributed by atoms with Gasteiger partial charge in [-0.3, -0.25) is 0 Å². The summed E-state index contributed by atoms with van der Waals surface area (Å²) >= 11 is 0. The van der Waals surface area contributed by atoms with Crippen LogP contribution in [0.1, 0.15) is 89.0 Å². The third-order valence-electron chi connectivity index (χ3n) is 3.90. The minimum Gasteiger partial charge on any atom is -0.392 e. The largest absolute Gasteiger partial charge is 0.392 e. The van der Waals surface area contributed by atoms with Crippen LogP contribution in [0.15, 0.2) is 84.1 Å². The van der Waals surface area contributed by atoms with Gasteiger partial charge in [-0.2, -0.15) is 0 Å². The van der Waals surface area contributed by atoms with Crippen LogP contribution in [0, 0.1) is 23.7 Å². The summed E-state index contributed by atoms with van der Waals surface area (Å²) in [5.74, 6) is 2.85. The van der Waals surface area contributed by atoms with Crippen molar-refractivity contribution in [3.8, 4) is 12.3 Å². The molecule has 2 heteroatoms.